The summed E-state index contributed by atoms with van der Waals surface area (Å²) in [5.74, 6) is -0.921. The number of hydrogen-bond acceptors (Lipinski definition) is 3. The van der Waals surface area contributed by atoms with Crippen molar-refractivity contribution in [1.82, 2.24) is 0 Å². The lowest BCUT2D eigenvalue weighted by Crippen LogP contribution is -2.27. The summed E-state index contributed by atoms with van der Waals surface area (Å²) in [7, 11) is 0. The van der Waals surface area contributed by atoms with Gasteiger partial charge in [0.1, 0.15) is 0 Å². The van der Waals surface area contributed by atoms with Gasteiger partial charge in [-0.15, -0.1) is 0 Å². The van der Waals surface area contributed by atoms with Crippen LogP contribution in [-0.4, -0.2) is 29.3 Å². The molecule has 94 valence electrons. The van der Waals surface area contributed by atoms with Gasteiger partial charge in [-0.1, -0.05) is 13.8 Å². The molecule has 3 N–H and O–H groups in total. The number of nitrogens with one attached hydrogen (secondary N) is 1. The molecule has 0 heterocycles. The van der Waals surface area contributed by atoms with Crippen molar-refractivity contribution in [3.8, 4) is 0 Å². The Bertz CT molecular complexity index is 413. The van der Waals surface area contributed by atoms with Gasteiger partial charge in [0.15, 0.2) is 0 Å². The number of carboxylic acids is 1. The van der Waals surface area contributed by atoms with Crippen LogP contribution in [0.4, 0.5) is 5.69 Å². The highest BCUT2D eigenvalue weighted by molar-refractivity contribution is 5.88. The van der Waals surface area contributed by atoms with E-state index < -0.39 is 5.97 Å². The van der Waals surface area contributed by atoms with E-state index in [4.69, 9.17) is 10.2 Å². The Hall–Kier alpha value is -1.55. The first-order chi connectivity index (χ1) is 7.85. The number of rotatable bonds is 5. The van der Waals surface area contributed by atoms with Gasteiger partial charge in [0.2, 0.25) is 0 Å². The predicted octanol–water partition coefficient (Wildman–Crippen LogP) is 2.12. The molecule has 17 heavy (non-hydrogen) atoms. The smallest absolute Gasteiger partial charge is 0.335 e. The van der Waals surface area contributed by atoms with E-state index in [1.807, 2.05) is 20.8 Å². The van der Waals surface area contributed by atoms with E-state index in [-0.39, 0.29) is 17.6 Å². The van der Waals surface area contributed by atoms with Crippen molar-refractivity contribution in [2.75, 3.05) is 18.5 Å². The van der Waals surface area contributed by atoms with Gasteiger partial charge in [-0.25, -0.2) is 4.79 Å². The lowest BCUT2D eigenvalue weighted by atomic mass is 9.94. The van der Waals surface area contributed by atoms with Gasteiger partial charge in [-0.05, 0) is 30.7 Å². The number of anilines is 1. The molecule has 0 atom stereocenters. The summed E-state index contributed by atoms with van der Waals surface area (Å²) in [5, 5.41) is 21.2. The molecule has 0 amide bonds. The molecule has 4 nitrogen and oxygen atoms in total. The maximum absolute atomic E-state index is 10.8. The molecule has 0 aromatic heterocycles. The number of hydrogen-bond donors (Lipinski definition) is 3. The zero-order chi connectivity index (χ0) is 13.1. The Kier molecular flexibility index (Phi) is 4.12. The standard InChI is InChI=1S/C13H19NO3/c1-9-6-10(12(16)17)4-5-11(9)14-7-13(2,3)8-15/h4-6,14-15H,7-8H2,1-3H3,(H,16,17). The van der Waals surface area contributed by atoms with Crippen molar-refractivity contribution in [3.63, 3.8) is 0 Å². The molecule has 0 bridgehead atoms. The molecule has 0 saturated heterocycles. The zero-order valence-electron chi connectivity index (χ0n) is 10.4. The largest absolute Gasteiger partial charge is 0.478 e. The highest BCUT2D eigenvalue weighted by atomic mass is 16.4. The summed E-state index contributed by atoms with van der Waals surface area (Å²) in [6, 6.07) is 4.96. The van der Waals surface area contributed by atoms with Crippen LogP contribution in [0.3, 0.4) is 0 Å². The van der Waals surface area contributed by atoms with E-state index in [1.54, 1.807) is 18.2 Å². The van der Waals surface area contributed by atoms with Gasteiger partial charge in [0.25, 0.3) is 0 Å². The molecule has 0 unspecified atom stereocenters. The number of aliphatic hydroxyl groups excluding tert-OH is 1. The topological polar surface area (TPSA) is 69.6 Å². The minimum absolute atomic E-state index is 0.103. The van der Waals surface area contributed by atoms with Gasteiger partial charge in [-0.2, -0.15) is 0 Å². The fraction of sp³-hybridized carbons (Fsp3) is 0.462. The normalized spacial score (nSPS) is 11.3. The predicted molar refractivity (Wildman–Crippen MR) is 67.5 cm³/mol. The molecule has 0 fully saturated rings. The molecule has 1 aromatic carbocycles. The van der Waals surface area contributed by atoms with Crippen molar-refractivity contribution in [2.24, 2.45) is 5.41 Å². The highest BCUT2D eigenvalue weighted by Gasteiger charge is 2.16. The first kappa shape index (κ1) is 13.5. The monoisotopic (exact) mass is 237 g/mol. The molecule has 4 heteroatoms. The summed E-state index contributed by atoms with van der Waals surface area (Å²) >= 11 is 0. The lowest BCUT2D eigenvalue weighted by molar-refractivity contribution is 0.0697. The third-order valence-corrected chi connectivity index (χ3v) is 2.66. The second kappa shape index (κ2) is 5.19. The fourth-order valence-electron chi connectivity index (χ4n) is 1.39. The number of aromatic carboxylic acids is 1. The van der Waals surface area contributed by atoms with Crippen molar-refractivity contribution in [2.45, 2.75) is 20.8 Å². The van der Waals surface area contributed by atoms with Crippen LogP contribution in [0.2, 0.25) is 0 Å². The zero-order valence-corrected chi connectivity index (χ0v) is 10.4. The van der Waals surface area contributed by atoms with Crippen molar-refractivity contribution >= 4 is 11.7 Å². The Morgan fingerprint density at radius 1 is 1.41 bits per heavy atom. The van der Waals surface area contributed by atoms with E-state index in [1.165, 1.54) is 0 Å². The average Bonchev–Trinajstić information content (AvgIpc) is 2.27. The second-order valence-electron chi connectivity index (χ2n) is 5.01. The molecule has 0 aliphatic carbocycles. The van der Waals surface area contributed by atoms with Gasteiger partial charge >= 0.3 is 5.97 Å². The van der Waals surface area contributed by atoms with E-state index in [0.717, 1.165) is 11.3 Å². The van der Waals surface area contributed by atoms with Crippen LogP contribution < -0.4 is 5.32 Å². The van der Waals surface area contributed by atoms with E-state index in [9.17, 15) is 4.79 Å². The summed E-state index contributed by atoms with van der Waals surface area (Å²) < 4.78 is 0. The number of aryl methyl sites for hydroxylation is 1. The van der Waals surface area contributed by atoms with Crippen LogP contribution >= 0.6 is 0 Å². The van der Waals surface area contributed by atoms with E-state index in [2.05, 4.69) is 5.32 Å². The van der Waals surface area contributed by atoms with Crippen LogP contribution in [0.25, 0.3) is 0 Å². The molecular weight excluding hydrogens is 218 g/mol. The van der Waals surface area contributed by atoms with Crippen molar-refractivity contribution in [1.29, 1.82) is 0 Å². The third-order valence-electron chi connectivity index (χ3n) is 2.66. The first-order valence-corrected chi connectivity index (χ1v) is 5.54. The van der Waals surface area contributed by atoms with Crippen molar-refractivity contribution in [3.05, 3.63) is 29.3 Å². The molecule has 0 aliphatic rings. The maximum Gasteiger partial charge on any atom is 0.335 e. The molecule has 0 radical (unpaired) electrons. The summed E-state index contributed by atoms with van der Waals surface area (Å²) in [5.41, 5.74) is 1.88. The Balaban J connectivity index is 2.77. The van der Waals surface area contributed by atoms with Gasteiger partial charge in [0.05, 0.1) is 5.56 Å². The SMILES string of the molecule is Cc1cc(C(=O)O)ccc1NCC(C)(C)CO. The average molecular weight is 237 g/mol. The van der Waals surface area contributed by atoms with Crippen molar-refractivity contribution < 1.29 is 15.0 Å². The number of carboxylic acid groups (broad SMARTS) is 1. The summed E-state index contributed by atoms with van der Waals surface area (Å²) in [6.07, 6.45) is 0. The molecule has 0 saturated carbocycles. The molecule has 0 spiro atoms. The van der Waals surface area contributed by atoms with Crippen LogP contribution in [0, 0.1) is 12.3 Å². The second-order valence-corrected chi connectivity index (χ2v) is 5.01. The highest BCUT2D eigenvalue weighted by Crippen LogP contribution is 2.20. The Labute approximate surface area is 101 Å². The molecule has 0 aliphatic heterocycles. The van der Waals surface area contributed by atoms with Crippen LogP contribution in [0.5, 0.6) is 0 Å². The lowest BCUT2D eigenvalue weighted by Gasteiger charge is -2.23. The quantitative estimate of drug-likeness (QED) is 0.733. The Morgan fingerprint density at radius 2 is 2.06 bits per heavy atom. The maximum atomic E-state index is 10.8. The van der Waals surface area contributed by atoms with Crippen LogP contribution in [0.15, 0.2) is 18.2 Å². The minimum atomic E-state index is -0.921. The van der Waals surface area contributed by atoms with E-state index >= 15 is 0 Å². The van der Waals surface area contributed by atoms with E-state index in [0.29, 0.717) is 6.54 Å². The Morgan fingerprint density at radius 3 is 2.53 bits per heavy atom. The molecule has 1 aromatic rings. The minimum Gasteiger partial charge on any atom is -0.478 e. The molecule has 1 rings (SSSR count). The van der Waals surface area contributed by atoms with Gasteiger partial charge < -0.3 is 15.5 Å². The van der Waals surface area contributed by atoms with Gasteiger partial charge in [0, 0.05) is 24.3 Å². The number of benzene rings is 1. The third kappa shape index (κ3) is 3.75. The van der Waals surface area contributed by atoms with Crippen LogP contribution in [0.1, 0.15) is 29.8 Å². The summed E-state index contributed by atoms with van der Waals surface area (Å²) in [4.78, 5) is 10.8. The molecular formula is C13H19NO3. The van der Waals surface area contributed by atoms with Crippen LogP contribution in [-0.2, 0) is 0 Å². The van der Waals surface area contributed by atoms with Gasteiger partial charge in [-0.3, -0.25) is 0 Å². The number of carbonyl (C=O) groups is 1. The fourth-order valence-corrected chi connectivity index (χ4v) is 1.39. The number of aliphatic hydroxyl groups is 1. The first-order valence-electron chi connectivity index (χ1n) is 5.54. The summed E-state index contributed by atoms with van der Waals surface area (Å²) in [6.45, 7) is 6.52.